The van der Waals surface area contributed by atoms with Crippen molar-refractivity contribution in [3.05, 3.63) is 35.4 Å². The molecule has 6 nitrogen and oxygen atoms in total. The van der Waals surface area contributed by atoms with Crippen LogP contribution in [-0.2, 0) is 10.0 Å². The minimum Gasteiger partial charge on any atom is -0.341 e. The number of nitrogens with two attached hydrogens (primary N) is 2. The molecule has 0 amide bonds. The Balaban J connectivity index is 0. The average molecular weight is 363 g/mol. The molecule has 0 saturated heterocycles. The zero-order valence-electron chi connectivity index (χ0n) is 14.3. The summed E-state index contributed by atoms with van der Waals surface area (Å²) in [5, 5.41) is 8.72. The van der Waals surface area contributed by atoms with Crippen molar-refractivity contribution in [3.8, 4) is 0 Å². The molecule has 0 aliphatic rings. The number of nitrogens with one attached hydrogen (secondary N) is 1. The van der Waals surface area contributed by atoms with Crippen molar-refractivity contribution >= 4 is 33.1 Å². The van der Waals surface area contributed by atoms with E-state index in [2.05, 4.69) is 16.0 Å². The Labute approximate surface area is 144 Å². The van der Waals surface area contributed by atoms with E-state index in [-0.39, 0.29) is 4.90 Å². The van der Waals surface area contributed by atoms with E-state index in [4.69, 9.17) is 16.7 Å². The second-order valence-corrected chi connectivity index (χ2v) is 5.79. The van der Waals surface area contributed by atoms with Gasteiger partial charge in [0.25, 0.3) is 0 Å². The summed E-state index contributed by atoms with van der Waals surface area (Å²) in [6, 6.07) is 6.07. The summed E-state index contributed by atoms with van der Waals surface area (Å²) < 4.78 is 22.2. The standard InChI is InChI=1S/C12H16ClN3O2S.C2H6.CH5N/c1-3-9(13)8-12(15-2)16-10-4-6-11(7-5-10)19(14,17)18;2*1-2/h4-8H,3H2,1-2H3,(H,15,16)(H2,14,17,18);1-2H3;2H2,1H3/b9-8+;;. The lowest BCUT2D eigenvalue weighted by molar-refractivity contribution is 0.598. The Hall–Kier alpha value is -1.41. The first-order valence-corrected chi connectivity index (χ1v) is 9.09. The van der Waals surface area contributed by atoms with Crippen LogP contribution in [0, 0.1) is 0 Å². The second-order valence-electron chi connectivity index (χ2n) is 3.75. The van der Waals surface area contributed by atoms with Crippen LogP contribution in [0.25, 0.3) is 0 Å². The van der Waals surface area contributed by atoms with Gasteiger partial charge < -0.3 is 11.1 Å². The van der Waals surface area contributed by atoms with Crippen LogP contribution in [0.2, 0.25) is 0 Å². The zero-order chi connectivity index (χ0) is 18.5. The third-order valence-corrected chi connectivity index (χ3v) is 3.63. The number of amidine groups is 1. The second kappa shape index (κ2) is 13.1. The van der Waals surface area contributed by atoms with Crippen molar-refractivity contribution in [1.82, 2.24) is 0 Å². The molecule has 0 unspecified atom stereocenters. The van der Waals surface area contributed by atoms with Gasteiger partial charge in [-0.25, -0.2) is 13.6 Å². The normalized spacial score (nSPS) is 11.7. The topological polar surface area (TPSA) is 111 Å². The van der Waals surface area contributed by atoms with Gasteiger partial charge in [-0.15, -0.1) is 0 Å². The van der Waals surface area contributed by atoms with Gasteiger partial charge >= 0.3 is 0 Å². The first kappa shape index (κ1) is 23.9. The van der Waals surface area contributed by atoms with E-state index >= 15 is 0 Å². The average Bonchev–Trinajstić information content (AvgIpc) is 2.57. The number of nitrogens with zero attached hydrogens (tertiary/aromatic N) is 1. The van der Waals surface area contributed by atoms with E-state index in [1.54, 1.807) is 25.3 Å². The molecule has 0 aromatic heterocycles. The summed E-state index contributed by atoms with van der Waals surface area (Å²) in [5.74, 6) is 0.593. The lowest BCUT2D eigenvalue weighted by Gasteiger charge is -2.07. The zero-order valence-corrected chi connectivity index (χ0v) is 15.9. The lowest BCUT2D eigenvalue weighted by Crippen LogP contribution is -2.13. The number of primary sulfonamides is 1. The molecular formula is C15H27ClN4O2S. The Morgan fingerprint density at radius 1 is 1.26 bits per heavy atom. The fourth-order valence-corrected chi connectivity index (χ4v) is 1.90. The maximum atomic E-state index is 11.1. The summed E-state index contributed by atoms with van der Waals surface area (Å²) in [5.41, 5.74) is 5.20. The number of aliphatic imine (C=N–C) groups is 1. The van der Waals surface area contributed by atoms with E-state index in [0.717, 1.165) is 0 Å². The van der Waals surface area contributed by atoms with Gasteiger partial charge in [0.05, 0.1) is 4.90 Å². The number of anilines is 1. The Morgan fingerprint density at radius 3 is 2.09 bits per heavy atom. The highest BCUT2D eigenvalue weighted by atomic mass is 35.5. The smallest absolute Gasteiger partial charge is 0.238 e. The highest BCUT2D eigenvalue weighted by Crippen LogP contribution is 2.14. The third kappa shape index (κ3) is 10.1. The number of rotatable bonds is 4. The molecule has 5 N–H and O–H groups in total. The highest BCUT2D eigenvalue weighted by Gasteiger charge is 2.07. The molecular weight excluding hydrogens is 336 g/mol. The van der Waals surface area contributed by atoms with Crippen LogP contribution in [0.4, 0.5) is 5.69 Å². The quantitative estimate of drug-likeness (QED) is 0.564. The minimum absolute atomic E-state index is 0.0650. The molecule has 132 valence electrons. The van der Waals surface area contributed by atoms with Crippen molar-refractivity contribution < 1.29 is 8.42 Å². The van der Waals surface area contributed by atoms with Crippen LogP contribution in [-0.4, -0.2) is 28.3 Å². The van der Waals surface area contributed by atoms with Crippen molar-refractivity contribution in [3.63, 3.8) is 0 Å². The van der Waals surface area contributed by atoms with E-state index in [1.807, 2.05) is 20.8 Å². The van der Waals surface area contributed by atoms with Crippen LogP contribution in [0.3, 0.4) is 0 Å². The number of allylic oxidation sites excluding steroid dienone is 1. The summed E-state index contributed by atoms with van der Waals surface area (Å²) in [4.78, 5) is 4.11. The fourth-order valence-electron chi connectivity index (χ4n) is 1.28. The lowest BCUT2D eigenvalue weighted by atomic mass is 10.3. The fraction of sp³-hybridized carbons (Fsp3) is 0.400. The Bertz CT molecular complexity index is 596. The molecule has 0 fully saturated rings. The molecule has 8 heteroatoms. The Morgan fingerprint density at radius 2 is 1.74 bits per heavy atom. The molecule has 0 radical (unpaired) electrons. The maximum Gasteiger partial charge on any atom is 0.238 e. The van der Waals surface area contributed by atoms with Crippen LogP contribution < -0.4 is 16.2 Å². The van der Waals surface area contributed by atoms with E-state index in [9.17, 15) is 8.42 Å². The van der Waals surface area contributed by atoms with Gasteiger partial charge in [-0.1, -0.05) is 32.4 Å². The summed E-state index contributed by atoms with van der Waals surface area (Å²) in [7, 11) is -0.531. The molecule has 23 heavy (non-hydrogen) atoms. The first-order chi connectivity index (χ1) is 10.9. The van der Waals surface area contributed by atoms with Gasteiger partial charge in [0, 0.05) is 17.8 Å². The van der Waals surface area contributed by atoms with Crippen LogP contribution >= 0.6 is 11.6 Å². The molecule has 0 saturated carbocycles. The third-order valence-electron chi connectivity index (χ3n) is 2.33. The largest absolute Gasteiger partial charge is 0.341 e. The monoisotopic (exact) mass is 362 g/mol. The molecule has 0 aliphatic carbocycles. The summed E-state index contributed by atoms with van der Waals surface area (Å²) >= 11 is 5.93. The van der Waals surface area contributed by atoms with Crippen molar-refractivity contribution in [1.29, 1.82) is 0 Å². The van der Waals surface area contributed by atoms with Crippen LogP contribution in [0.15, 0.2) is 45.3 Å². The molecule has 0 aliphatic heterocycles. The van der Waals surface area contributed by atoms with Crippen LogP contribution in [0.5, 0.6) is 0 Å². The predicted molar refractivity (Wildman–Crippen MR) is 100 cm³/mol. The van der Waals surface area contributed by atoms with Crippen molar-refractivity contribution in [2.75, 3.05) is 19.4 Å². The number of halogens is 1. The van der Waals surface area contributed by atoms with Gasteiger partial charge in [0.15, 0.2) is 0 Å². The number of benzene rings is 1. The van der Waals surface area contributed by atoms with Gasteiger partial charge in [0.1, 0.15) is 5.84 Å². The molecule has 1 aromatic rings. The van der Waals surface area contributed by atoms with E-state index in [0.29, 0.717) is 23.0 Å². The van der Waals surface area contributed by atoms with Gasteiger partial charge in [-0.3, -0.25) is 4.99 Å². The van der Waals surface area contributed by atoms with Crippen molar-refractivity contribution in [2.45, 2.75) is 32.1 Å². The maximum absolute atomic E-state index is 11.1. The van der Waals surface area contributed by atoms with Crippen molar-refractivity contribution in [2.24, 2.45) is 15.9 Å². The first-order valence-electron chi connectivity index (χ1n) is 7.17. The van der Waals surface area contributed by atoms with E-state index < -0.39 is 10.0 Å². The molecule has 0 bridgehead atoms. The summed E-state index contributed by atoms with van der Waals surface area (Å²) in [6.45, 7) is 5.94. The number of hydrogen-bond donors (Lipinski definition) is 3. The van der Waals surface area contributed by atoms with Crippen LogP contribution in [0.1, 0.15) is 27.2 Å². The number of hydrogen-bond acceptors (Lipinski definition) is 4. The van der Waals surface area contributed by atoms with E-state index in [1.165, 1.54) is 19.2 Å². The molecule has 1 rings (SSSR count). The molecule has 0 heterocycles. The number of sulfonamides is 1. The molecule has 0 spiro atoms. The predicted octanol–water partition coefficient (Wildman–Crippen LogP) is 2.91. The molecule has 1 aromatic carbocycles. The molecule has 0 atom stereocenters. The van der Waals surface area contributed by atoms with Gasteiger partial charge in [-0.05, 0) is 43.8 Å². The SMILES string of the molecule is CC.CC/C(Cl)=C\C(=NC)Nc1ccc(S(N)(=O)=O)cc1.CN. The highest BCUT2D eigenvalue weighted by molar-refractivity contribution is 7.89. The Kier molecular flexibility index (Phi) is 13.6. The minimum atomic E-state index is -3.67. The van der Waals surface area contributed by atoms with Gasteiger partial charge in [-0.2, -0.15) is 0 Å². The van der Waals surface area contributed by atoms with Gasteiger partial charge in [0.2, 0.25) is 10.0 Å². The summed E-state index contributed by atoms with van der Waals surface area (Å²) in [6.07, 6.45) is 2.43.